The third-order valence-electron chi connectivity index (χ3n) is 6.05. The number of piperidine rings is 1. The fourth-order valence-electron chi connectivity index (χ4n) is 4.34. The minimum absolute atomic E-state index is 0.0773. The first kappa shape index (κ1) is 19.0. The van der Waals surface area contributed by atoms with Gasteiger partial charge >= 0.3 is 0 Å². The smallest absolute Gasteiger partial charge is 0.226 e. The number of benzene rings is 2. The van der Waals surface area contributed by atoms with Crippen LogP contribution in [0.2, 0.25) is 0 Å². The van der Waals surface area contributed by atoms with Gasteiger partial charge in [0.1, 0.15) is 12.4 Å². The van der Waals surface area contributed by atoms with E-state index in [1.807, 2.05) is 24.3 Å². The minimum Gasteiger partial charge on any atom is -0.492 e. The Morgan fingerprint density at radius 3 is 2.61 bits per heavy atom. The molecule has 0 bridgehead atoms. The molecule has 4 nitrogen and oxygen atoms in total. The number of para-hydroxylation sites is 1. The van der Waals surface area contributed by atoms with Crippen molar-refractivity contribution in [2.24, 2.45) is 11.8 Å². The molecular formula is C24H30N2O2. The van der Waals surface area contributed by atoms with Crippen LogP contribution < -0.4 is 10.1 Å². The van der Waals surface area contributed by atoms with Gasteiger partial charge in [0.15, 0.2) is 0 Å². The van der Waals surface area contributed by atoms with Gasteiger partial charge in [-0.3, -0.25) is 4.79 Å². The summed E-state index contributed by atoms with van der Waals surface area (Å²) < 4.78 is 5.74. The molecule has 1 N–H and O–H groups in total. The molecule has 2 aromatic carbocycles. The van der Waals surface area contributed by atoms with Crippen LogP contribution in [-0.4, -0.2) is 43.6 Å². The maximum Gasteiger partial charge on any atom is 0.226 e. The SMILES string of the molecule is O=C(NCCN1CCC(Cc2ccccc2)CC1)[C@H]1COc2ccccc2C1. The predicted octanol–water partition coefficient (Wildman–Crippen LogP) is 3.31. The molecule has 0 aliphatic carbocycles. The van der Waals surface area contributed by atoms with Crippen LogP contribution in [0.5, 0.6) is 5.75 Å². The summed E-state index contributed by atoms with van der Waals surface area (Å²) >= 11 is 0. The third kappa shape index (κ3) is 4.93. The Morgan fingerprint density at radius 1 is 1.04 bits per heavy atom. The fraction of sp³-hybridized carbons (Fsp3) is 0.458. The van der Waals surface area contributed by atoms with E-state index in [0.717, 1.165) is 49.8 Å². The molecule has 0 spiro atoms. The van der Waals surface area contributed by atoms with Crippen LogP contribution in [0.4, 0.5) is 0 Å². The first-order valence-electron chi connectivity index (χ1n) is 10.5. The average molecular weight is 379 g/mol. The number of nitrogens with one attached hydrogen (secondary N) is 1. The van der Waals surface area contributed by atoms with E-state index in [-0.39, 0.29) is 11.8 Å². The van der Waals surface area contributed by atoms with Gasteiger partial charge in [0.05, 0.1) is 5.92 Å². The molecule has 4 rings (SSSR count). The van der Waals surface area contributed by atoms with Crippen molar-refractivity contribution in [2.45, 2.75) is 25.7 Å². The lowest BCUT2D eigenvalue weighted by Crippen LogP contribution is -2.43. The van der Waals surface area contributed by atoms with Crippen LogP contribution in [-0.2, 0) is 17.6 Å². The maximum absolute atomic E-state index is 12.5. The highest BCUT2D eigenvalue weighted by Gasteiger charge is 2.26. The van der Waals surface area contributed by atoms with Crippen molar-refractivity contribution < 1.29 is 9.53 Å². The number of carbonyl (C=O) groups is 1. The normalized spacial score (nSPS) is 20.2. The van der Waals surface area contributed by atoms with E-state index in [2.05, 4.69) is 40.5 Å². The van der Waals surface area contributed by atoms with Gasteiger partial charge in [-0.1, -0.05) is 48.5 Å². The van der Waals surface area contributed by atoms with Gasteiger partial charge in [-0.2, -0.15) is 0 Å². The molecule has 0 aromatic heterocycles. The van der Waals surface area contributed by atoms with Gasteiger partial charge in [0, 0.05) is 13.1 Å². The fourth-order valence-corrected chi connectivity index (χ4v) is 4.34. The summed E-state index contributed by atoms with van der Waals surface area (Å²) in [7, 11) is 0. The van der Waals surface area contributed by atoms with E-state index in [1.165, 1.54) is 24.8 Å². The highest BCUT2D eigenvalue weighted by Crippen LogP contribution is 2.27. The second-order valence-corrected chi connectivity index (χ2v) is 8.09. The Kier molecular flexibility index (Phi) is 6.27. The van der Waals surface area contributed by atoms with Crippen LogP contribution in [0.3, 0.4) is 0 Å². The van der Waals surface area contributed by atoms with E-state index in [9.17, 15) is 4.79 Å². The van der Waals surface area contributed by atoms with Crippen molar-refractivity contribution in [3.05, 3.63) is 65.7 Å². The van der Waals surface area contributed by atoms with Crippen LogP contribution >= 0.6 is 0 Å². The molecule has 28 heavy (non-hydrogen) atoms. The molecule has 2 aliphatic rings. The molecule has 4 heteroatoms. The topological polar surface area (TPSA) is 41.6 Å². The quantitative estimate of drug-likeness (QED) is 0.839. The molecule has 1 atom stereocenters. The Hall–Kier alpha value is -2.33. The van der Waals surface area contributed by atoms with Crippen molar-refractivity contribution in [3.63, 3.8) is 0 Å². The summed E-state index contributed by atoms with van der Waals surface area (Å²) in [5, 5.41) is 3.12. The lowest BCUT2D eigenvalue weighted by Gasteiger charge is -2.32. The zero-order chi connectivity index (χ0) is 19.2. The minimum atomic E-state index is -0.0773. The molecule has 0 radical (unpaired) electrons. The van der Waals surface area contributed by atoms with E-state index < -0.39 is 0 Å². The zero-order valence-corrected chi connectivity index (χ0v) is 16.5. The molecule has 2 aromatic rings. The van der Waals surface area contributed by atoms with E-state index in [1.54, 1.807) is 0 Å². The van der Waals surface area contributed by atoms with Gasteiger partial charge in [-0.25, -0.2) is 0 Å². The van der Waals surface area contributed by atoms with Crippen LogP contribution in [0.15, 0.2) is 54.6 Å². The van der Waals surface area contributed by atoms with Gasteiger partial charge in [-0.15, -0.1) is 0 Å². The second kappa shape index (κ2) is 9.24. The largest absolute Gasteiger partial charge is 0.492 e. The lowest BCUT2D eigenvalue weighted by molar-refractivity contribution is -0.126. The number of likely N-dealkylation sites (tertiary alicyclic amines) is 1. The van der Waals surface area contributed by atoms with Gasteiger partial charge in [0.2, 0.25) is 5.91 Å². The van der Waals surface area contributed by atoms with Crippen molar-refractivity contribution >= 4 is 5.91 Å². The van der Waals surface area contributed by atoms with Crippen molar-refractivity contribution in [2.75, 3.05) is 32.8 Å². The molecule has 0 unspecified atom stereocenters. The summed E-state index contributed by atoms with van der Waals surface area (Å²) in [5.41, 5.74) is 2.58. The van der Waals surface area contributed by atoms with Crippen LogP contribution in [0, 0.1) is 11.8 Å². The number of ether oxygens (including phenoxy) is 1. The van der Waals surface area contributed by atoms with Crippen molar-refractivity contribution in [1.29, 1.82) is 0 Å². The summed E-state index contributed by atoms with van der Waals surface area (Å²) in [6.45, 7) is 4.41. The molecule has 1 saturated heterocycles. The van der Waals surface area contributed by atoms with Crippen LogP contribution in [0.1, 0.15) is 24.0 Å². The Labute approximate surface area is 167 Å². The lowest BCUT2D eigenvalue weighted by atomic mass is 9.90. The number of rotatable bonds is 6. The Bertz CT molecular complexity index is 769. The molecule has 148 valence electrons. The van der Waals surface area contributed by atoms with E-state index >= 15 is 0 Å². The zero-order valence-electron chi connectivity index (χ0n) is 16.5. The summed E-state index contributed by atoms with van der Waals surface area (Å²) in [6, 6.07) is 18.8. The van der Waals surface area contributed by atoms with E-state index in [4.69, 9.17) is 4.74 Å². The number of carbonyl (C=O) groups excluding carboxylic acids is 1. The molecule has 1 amide bonds. The number of nitrogens with zero attached hydrogens (tertiary/aromatic N) is 1. The number of fused-ring (bicyclic) bond motifs is 1. The summed E-state index contributed by atoms with van der Waals surface area (Å²) in [4.78, 5) is 15.0. The predicted molar refractivity (Wildman–Crippen MR) is 111 cm³/mol. The van der Waals surface area contributed by atoms with Gasteiger partial charge in [-0.05, 0) is 61.9 Å². The number of hydrogen-bond donors (Lipinski definition) is 1. The van der Waals surface area contributed by atoms with Gasteiger partial charge in [0.25, 0.3) is 0 Å². The standard InChI is InChI=1S/C24H30N2O2/c27-24(22-17-21-8-4-5-9-23(21)28-18-22)25-12-15-26-13-10-20(11-14-26)16-19-6-2-1-3-7-19/h1-9,20,22H,10-18H2,(H,25,27)/t22-/m1/s1. The molecule has 2 aliphatic heterocycles. The number of hydrogen-bond acceptors (Lipinski definition) is 3. The monoisotopic (exact) mass is 378 g/mol. The molecule has 2 heterocycles. The second-order valence-electron chi connectivity index (χ2n) is 8.09. The average Bonchev–Trinajstić information content (AvgIpc) is 2.75. The molecular weight excluding hydrogens is 348 g/mol. The number of amides is 1. The summed E-state index contributed by atoms with van der Waals surface area (Å²) in [6.07, 6.45) is 4.45. The highest BCUT2D eigenvalue weighted by atomic mass is 16.5. The molecule has 1 fully saturated rings. The van der Waals surface area contributed by atoms with Gasteiger partial charge < -0.3 is 15.0 Å². The van der Waals surface area contributed by atoms with Crippen molar-refractivity contribution in [3.8, 4) is 5.75 Å². The molecule has 0 saturated carbocycles. The van der Waals surface area contributed by atoms with Crippen molar-refractivity contribution in [1.82, 2.24) is 10.2 Å². The summed E-state index contributed by atoms with van der Waals surface area (Å²) in [5.74, 6) is 1.75. The Morgan fingerprint density at radius 2 is 1.79 bits per heavy atom. The van der Waals surface area contributed by atoms with E-state index in [0.29, 0.717) is 6.61 Å². The Balaban J connectivity index is 1.15. The maximum atomic E-state index is 12.5. The first-order valence-corrected chi connectivity index (χ1v) is 10.5. The third-order valence-corrected chi connectivity index (χ3v) is 6.05. The first-order chi connectivity index (χ1) is 13.8. The highest BCUT2D eigenvalue weighted by molar-refractivity contribution is 5.79. The van der Waals surface area contributed by atoms with Crippen LogP contribution in [0.25, 0.3) is 0 Å².